The zero-order valence-electron chi connectivity index (χ0n) is 7.00. The number of benzene rings is 1. The van der Waals surface area contributed by atoms with Crippen molar-refractivity contribution in [3.63, 3.8) is 0 Å². The summed E-state index contributed by atoms with van der Waals surface area (Å²) in [5.41, 5.74) is 0.955. The molecule has 0 saturated heterocycles. The molecule has 0 radical (unpaired) electrons. The topological polar surface area (TPSA) is 0 Å². The summed E-state index contributed by atoms with van der Waals surface area (Å²) in [6.45, 7) is 0. The molecular formula is C10H10Cl2S. The number of halogens is 2. The van der Waals surface area contributed by atoms with Crippen molar-refractivity contribution in [1.29, 1.82) is 0 Å². The summed E-state index contributed by atoms with van der Waals surface area (Å²) in [4.78, 5) is 0. The highest BCUT2D eigenvalue weighted by molar-refractivity contribution is 7.80. The summed E-state index contributed by atoms with van der Waals surface area (Å²) in [5.74, 6) is 0.842. The molecule has 1 rings (SSSR count). The average Bonchev–Trinajstić information content (AvgIpc) is 2.11. The van der Waals surface area contributed by atoms with Crippen LogP contribution < -0.4 is 0 Å². The second-order valence-corrected chi connectivity index (χ2v) is 3.87. The molecule has 3 heteroatoms. The molecule has 1 aromatic carbocycles. The minimum Gasteiger partial charge on any atom is -0.179 e. The van der Waals surface area contributed by atoms with E-state index in [1.165, 1.54) is 0 Å². The lowest BCUT2D eigenvalue weighted by Gasteiger charge is -1.98. The van der Waals surface area contributed by atoms with Crippen LogP contribution in [0.25, 0.3) is 6.08 Å². The SMILES string of the molecule is SCCC=Cc1cc(Cl)ccc1Cl. The molecule has 0 bridgehead atoms. The third-order valence-corrected chi connectivity index (χ3v) is 2.39. The molecule has 0 aliphatic carbocycles. The van der Waals surface area contributed by atoms with Gasteiger partial charge in [-0.05, 0) is 35.9 Å². The molecular weight excluding hydrogens is 223 g/mol. The van der Waals surface area contributed by atoms with Gasteiger partial charge >= 0.3 is 0 Å². The smallest absolute Gasteiger partial charge is 0.0479 e. The van der Waals surface area contributed by atoms with Gasteiger partial charge in [-0.1, -0.05) is 35.4 Å². The second-order valence-electron chi connectivity index (χ2n) is 2.58. The highest BCUT2D eigenvalue weighted by atomic mass is 35.5. The zero-order chi connectivity index (χ0) is 9.68. The number of thiol groups is 1. The molecule has 0 fully saturated rings. The Morgan fingerprint density at radius 1 is 1.31 bits per heavy atom. The first-order chi connectivity index (χ1) is 6.24. The Balaban J connectivity index is 2.81. The molecule has 13 heavy (non-hydrogen) atoms. The van der Waals surface area contributed by atoms with Gasteiger partial charge in [0.05, 0.1) is 0 Å². The summed E-state index contributed by atoms with van der Waals surface area (Å²) in [5, 5.41) is 1.43. The molecule has 0 unspecified atom stereocenters. The van der Waals surface area contributed by atoms with Gasteiger partial charge in [-0.3, -0.25) is 0 Å². The number of hydrogen-bond donors (Lipinski definition) is 1. The van der Waals surface area contributed by atoms with Gasteiger partial charge in [0.15, 0.2) is 0 Å². The van der Waals surface area contributed by atoms with Crippen molar-refractivity contribution in [3.05, 3.63) is 39.9 Å². The summed E-state index contributed by atoms with van der Waals surface area (Å²) in [6.07, 6.45) is 4.93. The fourth-order valence-corrected chi connectivity index (χ4v) is 1.44. The molecule has 0 nitrogen and oxygen atoms in total. The first-order valence-corrected chi connectivity index (χ1v) is 5.35. The summed E-state index contributed by atoms with van der Waals surface area (Å²) >= 11 is 15.9. The van der Waals surface area contributed by atoms with E-state index in [9.17, 15) is 0 Å². The van der Waals surface area contributed by atoms with Crippen LogP contribution in [0, 0.1) is 0 Å². The molecule has 0 aromatic heterocycles. The molecule has 1 aromatic rings. The normalized spacial score (nSPS) is 11.0. The Morgan fingerprint density at radius 3 is 2.77 bits per heavy atom. The van der Waals surface area contributed by atoms with Gasteiger partial charge in [0, 0.05) is 10.0 Å². The molecule has 70 valence electrons. The van der Waals surface area contributed by atoms with Gasteiger partial charge in [0.2, 0.25) is 0 Å². The third kappa shape index (κ3) is 3.63. The van der Waals surface area contributed by atoms with E-state index < -0.39 is 0 Å². The average molecular weight is 233 g/mol. The zero-order valence-corrected chi connectivity index (χ0v) is 9.41. The Morgan fingerprint density at radius 2 is 2.08 bits per heavy atom. The van der Waals surface area contributed by atoms with Gasteiger partial charge in [-0.25, -0.2) is 0 Å². The molecule has 0 saturated carbocycles. The highest BCUT2D eigenvalue weighted by Gasteiger charge is 1.96. The molecule has 0 amide bonds. The molecule has 0 atom stereocenters. The van der Waals surface area contributed by atoms with Crippen LogP contribution in [0.1, 0.15) is 12.0 Å². The fourth-order valence-electron chi connectivity index (χ4n) is 0.927. The maximum atomic E-state index is 5.95. The van der Waals surface area contributed by atoms with E-state index >= 15 is 0 Å². The molecule has 0 aliphatic rings. The maximum Gasteiger partial charge on any atom is 0.0479 e. The van der Waals surface area contributed by atoms with Gasteiger partial charge < -0.3 is 0 Å². The predicted octanol–water partition coefficient (Wildman–Crippen LogP) is 4.33. The van der Waals surface area contributed by atoms with Crippen LogP contribution in [0.5, 0.6) is 0 Å². The van der Waals surface area contributed by atoms with Crippen molar-refractivity contribution in [2.45, 2.75) is 6.42 Å². The largest absolute Gasteiger partial charge is 0.179 e. The monoisotopic (exact) mass is 232 g/mol. The summed E-state index contributed by atoms with van der Waals surface area (Å²) < 4.78 is 0. The van der Waals surface area contributed by atoms with E-state index in [0.29, 0.717) is 5.02 Å². The van der Waals surface area contributed by atoms with Crippen molar-refractivity contribution in [2.24, 2.45) is 0 Å². The number of allylic oxidation sites excluding steroid dienone is 1. The standard InChI is InChI=1S/C10H10Cl2S/c11-9-4-5-10(12)8(7-9)3-1-2-6-13/h1,3-5,7,13H,2,6H2. The predicted molar refractivity (Wildman–Crippen MR) is 64.0 cm³/mol. The number of hydrogen-bond acceptors (Lipinski definition) is 1. The van der Waals surface area contributed by atoms with Gasteiger partial charge in [-0.2, -0.15) is 12.6 Å². The maximum absolute atomic E-state index is 5.95. The van der Waals surface area contributed by atoms with Crippen molar-refractivity contribution in [1.82, 2.24) is 0 Å². The summed E-state index contributed by atoms with van der Waals surface area (Å²) in [6, 6.07) is 5.42. The van der Waals surface area contributed by atoms with Crippen molar-refractivity contribution in [3.8, 4) is 0 Å². The minimum atomic E-state index is 0.704. The fraction of sp³-hybridized carbons (Fsp3) is 0.200. The molecule has 0 spiro atoms. The van der Waals surface area contributed by atoms with E-state index in [1.54, 1.807) is 12.1 Å². The van der Waals surface area contributed by atoms with Crippen molar-refractivity contribution >= 4 is 41.9 Å². The first-order valence-electron chi connectivity index (χ1n) is 3.96. The first kappa shape index (κ1) is 11.0. The van der Waals surface area contributed by atoms with E-state index in [-0.39, 0.29) is 0 Å². The van der Waals surface area contributed by atoms with Gasteiger partial charge in [-0.15, -0.1) is 0 Å². The Hall–Kier alpha value is -0.110. The van der Waals surface area contributed by atoms with Crippen LogP contribution in [-0.2, 0) is 0 Å². The lowest BCUT2D eigenvalue weighted by atomic mass is 10.2. The van der Waals surface area contributed by atoms with Crippen molar-refractivity contribution < 1.29 is 0 Å². The van der Waals surface area contributed by atoms with Crippen LogP contribution in [0.15, 0.2) is 24.3 Å². The van der Waals surface area contributed by atoms with Crippen molar-refractivity contribution in [2.75, 3.05) is 5.75 Å². The van der Waals surface area contributed by atoms with Crippen LogP contribution in [-0.4, -0.2) is 5.75 Å². The van der Waals surface area contributed by atoms with Crippen LogP contribution in [0.3, 0.4) is 0 Å². The van der Waals surface area contributed by atoms with E-state index in [1.807, 2.05) is 18.2 Å². The summed E-state index contributed by atoms with van der Waals surface area (Å²) in [7, 11) is 0. The Kier molecular flexibility index (Phi) is 4.71. The van der Waals surface area contributed by atoms with E-state index in [2.05, 4.69) is 12.6 Å². The Labute approximate surface area is 94.0 Å². The van der Waals surface area contributed by atoms with Gasteiger partial charge in [0.1, 0.15) is 0 Å². The lowest BCUT2D eigenvalue weighted by molar-refractivity contribution is 1.26. The van der Waals surface area contributed by atoms with E-state index in [0.717, 1.165) is 22.8 Å². The van der Waals surface area contributed by atoms with E-state index in [4.69, 9.17) is 23.2 Å². The van der Waals surface area contributed by atoms with Crippen LogP contribution in [0.4, 0.5) is 0 Å². The molecule has 0 N–H and O–H groups in total. The number of rotatable bonds is 3. The van der Waals surface area contributed by atoms with Crippen LogP contribution in [0.2, 0.25) is 10.0 Å². The minimum absolute atomic E-state index is 0.704. The quantitative estimate of drug-likeness (QED) is 0.738. The highest BCUT2D eigenvalue weighted by Crippen LogP contribution is 2.21. The molecule has 0 aliphatic heterocycles. The second kappa shape index (κ2) is 5.58. The van der Waals surface area contributed by atoms with Crippen LogP contribution >= 0.6 is 35.8 Å². The lowest BCUT2D eigenvalue weighted by Crippen LogP contribution is -1.75. The Bertz CT molecular complexity index is 308. The third-order valence-electron chi connectivity index (χ3n) is 1.55. The molecule has 0 heterocycles. The van der Waals surface area contributed by atoms with Gasteiger partial charge in [0.25, 0.3) is 0 Å².